The third kappa shape index (κ3) is 3.48. The molecule has 34 heavy (non-hydrogen) atoms. The first kappa shape index (κ1) is 22.5. The van der Waals surface area contributed by atoms with E-state index in [9.17, 15) is 22.4 Å². The molecule has 2 aliphatic rings. The first-order valence-electron chi connectivity index (χ1n) is 10.1. The maximum absolute atomic E-state index is 14.8. The number of ether oxygens (including phenoxy) is 2. The van der Waals surface area contributed by atoms with Crippen LogP contribution in [0.5, 0.6) is 5.75 Å². The third-order valence-electron chi connectivity index (χ3n) is 5.84. The van der Waals surface area contributed by atoms with Gasteiger partial charge in [-0.25, -0.2) is 9.37 Å². The zero-order valence-corrected chi connectivity index (χ0v) is 18.3. The van der Waals surface area contributed by atoms with Crippen molar-refractivity contribution in [2.24, 2.45) is 0 Å². The van der Waals surface area contributed by atoms with Gasteiger partial charge in [-0.1, -0.05) is 17.7 Å². The summed E-state index contributed by atoms with van der Waals surface area (Å²) in [5, 5.41) is 7.54. The molecular weight excluding hydrogens is 482 g/mol. The maximum Gasteiger partial charge on any atom is 0.417 e. The number of morpholine rings is 1. The quantitative estimate of drug-likeness (QED) is 0.513. The lowest BCUT2D eigenvalue weighted by atomic mass is 10.0. The number of rotatable bonds is 3. The van der Waals surface area contributed by atoms with Gasteiger partial charge in [0.15, 0.2) is 23.2 Å². The molecule has 178 valence electrons. The molecule has 4 heterocycles. The zero-order valence-electron chi connectivity index (χ0n) is 17.5. The molecule has 5 rings (SSSR count). The summed E-state index contributed by atoms with van der Waals surface area (Å²) < 4.78 is 67.0. The van der Waals surface area contributed by atoms with E-state index in [2.05, 4.69) is 15.2 Å². The fourth-order valence-electron chi connectivity index (χ4n) is 4.30. The molecule has 0 aliphatic carbocycles. The number of aromatic nitrogens is 4. The average molecular weight is 498 g/mol. The SMILES string of the molecule is COc1ccnc(-c2nnc3n2CC2COCC3N2C(=O)c2cccc(C(F)(F)F)c2Cl)c1F. The van der Waals surface area contributed by atoms with Crippen molar-refractivity contribution in [1.29, 1.82) is 0 Å². The van der Waals surface area contributed by atoms with Gasteiger partial charge in [-0.15, -0.1) is 10.2 Å². The molecule has 1 aromatic carbocycles. The normalized spacial score (nSPS) is 19.6. The molecule has 0 saturated carbocycles. The van der Waals surface area contributed by atoms with Crippen LogP contribution in [0.15, 0.2) is 30.5 Å². The van der Waals surface area contributed by atoms with Gasteiger partial charge in [0.2, 0.25) is 0 Å². The lowest BCUT2D eigenvalue weighted by Gasteiger charge is -2.45. The average Bonchev–Trinajstić information content (AvgIpc) is 3.21. The molecular formula is C21H16ClF4N5O3. The van der Waals surface area contributed by atoms with E-state index in [0.717, 1.165) is 12.1 Å². The Bertz CT molecular complexity index is 1280. The van der Waals surface area contributed by atoms with Gasteiger partial charge in [0.05, 0.1) is 42.5 Å². The van der Waals surface area contributed by atoms with Crippen molar-refractivity contribution in [1.82, 2.24) is 24.6 Å². The highest BCUT2D eigenvalue weighted by molar-refractivity contribution is 6.34. The summed E-state index contributed by atoms with van der Waals surface area (Å²) in [6, 6.07) is 3.23. The van der Waals surface area contributed by atoms with Crippen molar-refractivity contribution in [2.45, 2.75) is 24.8 Å². The Morgan fingerprint density at radius 3 is 2.76 bits per heavy atom. The molecule has 2 bridgehead atoms. The molecule has 1 amide bonds. The summed E-state index contributed by atoms with van der Waals surface area (Å²) in [4.78, 5) is 18.9. The Kier molecular flexibility index (Phi) is 5.44. The predicted octanol–water partition coefficient (Wildman–Crippen LogP) is 3.76. The summed E-state index contributed by atoms with van der Waals surface area (Å²) in [5.41, 5.74) is -1.44. The summed E-state index contributed by atoms with van der Waals surface area (Å²) >= 11 is 6.00. The maximum atomic E-state index is 14.8. The van der Waals surface area contributed by atoms with Gasteiger partial charge < -0.3 is 18.9 Å². The topological polar surface area (TPSA) is 82.4 Å². The van der Waals surface area contributed by atoms with Crippen molar-refractivity contribution in [3.05, 3.63) is 58.3 Å². The monoisotopic (exact) mass is 497 g/mol. The minimum atomic E-state index is -4.71. The van der Waals surface area contributed by atoms with E-state index < -0.39 is 40.6 Å². The van der Waals surface area contributed by atoms with E-state index in [1.165, 1.54) is 30.3 Å². The summed E-state index contributed by atoms with van der Waals surface area (Å²) in [5.74, 6) is -0.969. The Hall–Kier alpha value is -3.25. The van der Waals surface area contributed by atoms with Crippen LogP contribution in [0, 0.1) is 5.82 Å². The van der Waals surface area contributed by atoms with Crippen molar-refractivity contribution < 1.29 is 31.8 Å². The lowest BCUT2D eigenvalue weighted by Crippen LogP contribution is -2.56. The van der Waals surface area contributed by atoms with Crippen LogP contribution >= 0.6 is 11.6 Å². The van der Waals surface area contributed by atoms with Crippen LogP contribution in [0.4, 0.5) is 17.6 Å². The van der Waals surface area contributed by atoms with Gasteiger partial charge in [-0.05, 0) is 12.1 Å². The first-order valence-corrected chi connectivity index (χ1v) is 10.5. The zero-order chi connectivity index (χ0) is 24.2. The van der Waals surface area contributed by atoms with E-state index in [4.69, 9.17) is 21.1 Å². The molecule has 8 nitrogen and oxygen atoms in total. The number of amides is 1. The fraction of sp³-hybridized carbons (Fsp3) is 0.333. The largest absolute Gasteiger partial charge is 0.494 e. The van der Waals surface area contributed by atoms with Gasteiger partial charge >= 0.3 is 6.18 Å². The van der Waals surface area contributed by atoms with Gasteiger partial charge in [-0.3, -0.25) is 4.79 Å². The molecule has 1 fully saturated rings. The summed E-state index contributed by atoms with van der Waals surface area (Å²) in [6.07, 6.45) is -3.34. The predicted molar refractivity (Wildman–Crippen MR) is 110 cm³/mol. The van der Waals surface area contributed by atoms with Crippen molar-refractivity contribution in [3.8, 4) is 17.3 Å². The molecule has 2 atom stereocenters. The number of alkyl halides is 3. The van der Waals surface area contributed by atoms with Crippen LogP contribution in [0.3, 0.4) is 0 Å². The van der Waals surface area contributed by atoms with E-state index in [0.29, 0.717) is 5.82 Å². The van der Waals surface area contributed by atoms with E-state index in [-0.39, 0.29) is 42.6 Å². The molecule has 0 spiro atoms. The van der Waals surface area contributed by atoms with Crippen LogP contribution in [-0.4, -0.2) is 56.9 Å². The van der Waals surface area contributed by atoms with Crippen LogP contribution in [0.25, 0.3) is 11.5 Å². The summed E-state index contributed by atoms with van der Waals surface area (Å²) in [6.45, 7) is 0.268. The van der Waals surface area contributed by atoms with Gasteiger partial charge in [0.25, 0.3) is 5.91 Å². The fourth-order valence-corrected chi connectivity index (χ4v) is 4.61. The van der Waals surface area contributed by atoms with Crippen LogP contribution < -0.4 is 4.74 Å². The minimum Gasteiger partial charge on any atom is -0.494 e. The molecule has 1 saturated heterocycles. The summed E-state index contributed by atoms with van der Waals surface area (Å²) in [7, 11) is 1.33. The molecule has 0 N–H and O–H groups in total. The van der Waals surface area contributed by atoms with Crippen molar-refractivity contribution in [3.63, 3.8) is 0 Å². The van der Waals surface area contributed by atoms with E-state index >= 15 is 0 Å². The highest BCUT2D eigenvalue weighted by atomic mass is 35.5. The smallest absolute Gasteiger partial charge is 0.417 e. The number of hydrogen-bond donors (Lipinski definition) is 0. The minimum absolute atomic E-state index is 0.0160. The Morgan fingerprint density at radius 1 is 1.24 bits per heavy atom. The number of nitrogens with zero attached hydrogens (tertiary/aromatic N) is 5. The molecule has 2 aliphatic heterocycles. The number of carbonyl (C=O) groups excluding carboxylic acids is 1. The number of halogens is 5. The van der Waals surface area contributed by atoms with Crippen molar-refractivity contribution >= 4 is 17.5 Å². The Labute approximate surface area is 195 Å². The van der Waals surface area contributed by atoms with Crippen LogP contribution in [-0.2, 0) is 17.5 Å². The Morgan fingerprint density at radius 2 is 2.03 bits per heavy atom. The number of hydrogen-bond acceptors (Lipinski definition) is 6. The second-order valence-corrected chi connectivity index (χ2v) is 8.13. The lowest BCUT2D eigenvalue weighted by molar-refractivity contribution is -0.137. The van der Waals surface area contributed by atoms with Crippen LogP contribution in [0.1, 0.15) is 27.8 Å². The number of benzene rings is 1. The molecule has 0 radical (unpaired) electrons. The molecule has 2 aromatic heterocycles. The van der Waals surface area contributed by atoms with Gasteiger partial charge in [-0.2, -0.15) is 13.2 Å². The Balaban J connectivity index is 1.55. The number of fused-ring (bicyclic) bond motifs is 4. The first-order chi connectivity index (χ1) is 16.2. The number of carbonyl (C=O) groups is 1. The number of methoxy groups -OCH3 is 1. The molecule has 2 unspecified atom stereocenters. The highest BCUT2D eigenvalue weighted by Crippen LogP contribution is 2.40. The molecule has 13 heteroatoms. The second kappa shape index (κ2) is 8.20. The molecule has 3 aromatic rings. The van der Waals surface area contributed by atoms with Gasteiger partial charge in [0, 0.05) is 18.8 Å². The third-order valence-corrected chi connectivity index (χ3v) is 6.25. The second-order valence-electron chi connectivity index (χ2n) is 7.75. The van der Waals surface area contributed by atoms with Gasteiger partial charge in [0.1, 0.15) is 11.7 Å². The van der Waals surface area contributed by atoms with E-state index in [1.54, 1.807) is 4.57 Å². The van der Waals surface area contributed by atoms with E-state index in [1.807, 2.05) is 0 Å². The van der Waals surface area contributed by atoms with Crippen molar-refractivity contribution in [2.75, 3.05) is 20.3 Å². The number of pyridine rings is 1. The highest BCUT2D eigenvalue weighted by Gasteiger charge is 2.45. The van der Waals surface area contributed by atoms with Crippen LogP contribution in [0.2, 0.25) is 5.02 Å². The standard InChI is InChI=1S/C21H16ClF4N5O3/c1-33-14-5-6-27-17(16(14)23)19-29-28-18-13-9-34-8-10(7-30(18)19)31(13)20(32)11-3-2-4-12(15(11)22)21(24,25)26/h2-6,10,13H,7-9H2,1H3.